The fourth-order valence-electron chi connectivity index (χ4n) is 3.23. The number of rotatable bonds is 9. The van der Waals surface area contributed by atoms with Crippen molar-refractivity contribution in [3.63, 3.8) is 0 Å². The molecule has 0 aliphatic carbocycles. The number of benzene rings is 3. The molecule has 4 rings (SSSR count). The van der Waals surface area contributed by atoms with Crippen LogP contribution < -0.4 is 14.9 Å². The monoisotopic (exact) mass is 551 g/mol. The standard InChI is InChI=1S/C25H22BrN5O3S/c1-33-21-13-8-17(14-22(21)34-2)15-27-28-23(32)16-35-25-30-29-24(18-6-4-3-5-7-18)31(25)20-11-9-19(26)10-12-20/h3-15H,16H2,1-2H3,(H,28,32)/b27-15-. The number of methoxy groups -OCH3 is 2. The van der Waals surface area contributed by atoms with E-state index in [0.29, 0.717) is 22.5 Å². The Balaban J connectivity index is 1.46. The second-order valence-electron chi connectivity index (χ2n) is 7.18. The van der Waals surface area contributed by atoms with Crippen LogP contribution in [0.25, 0.3) is 17.1 Å². The highest BCUT2D eigenvalue weighted by molar-refractivity contribution is 9.10. The first kappa shape index (κ1) is 24.5. The Kier molecular flexibility index (Phi) is 8.17. The van der Waals surface area contributed by atoms with Crippen LogP contribution in [0.4, 0.5) is 0 Å². The molecule has 8 nitrogen and oxygen atoms in total. The van der Waals surface area contributed by atoms with Gasteiger partial charge in [-0.3, -0.25) is 9.36 Å². The van der Waals surface area contributed by atoms with E-state index in [9.17, 15) is 4.79 Å². The van der Waals surface area contributed by atoms with Gasteiger partial charge in [0.1, 0.15) is 0 Å². The molecular formula is C25H22BrN5O3S. The molecule has 1 heterocycles. The number of halogens is 1. The maximum atomic E-state index is 12.4. The van der Waals surface area contributed by atoms with Crippen LogP contribution in [0, 0.1) is 0 Å². The molecule has 1 aromatic heterocycles. The topological polar surface area (TPSA) is 90.6 Å². The molecule has 0 bridgehead atoms. The lowest BCUT2D eigenvalue weighted by atomic mass is 10.2. The van der Waals surface area contributed by atoms with E-state index >= 15 is 0 Å². The van der Waals surface area contributed by atoms with E-state index in [4.69, 9.17) is 9.47 Å². The summed E-state index contributed by atoms with van der Waals surface area (Å²) in [4.78, 5) is 12.4. The Hall–Kier alpha value is -3.63. The molecule has 0 saturated carbocycles. The summed E-state index contributed by atoms with van der Waals surface area (Å²) in [6, 6.07) is 23.0. The summed E-state index contributed by atoms with van der Waals surface area (Å²) in [5, 5.41) is 13.4. The Morgan fingerprint density at radius 1 is 1.03 bits per heavy atom. The lowest BCUT2D eigenvalue weighted by Gasteiger charge is -2.10. The molecule has 0 saturated heterocycles. The molecule has 10 heteroatoms. The van der Waals surface area contributed by atoms with Gasteiger partial charge in [-0.1, -0.05) is 58.0 Å². The number of hydrogen-bond acceptors (Lipinski definition) is 7. The zero-order valence-electron chi connectivity index (χ0n) is 19.0. The van der Waals surface area contributed by atoms with Gasteiger partial charge in [-0.05, 0) is 48.0 Å². The molecule has 0 spiro atoms. The van der Waals surface area contributed by atoms with E-state index in [0.717, 1.165) is 21.3 Å². The molecule has 4 aromatic rings. The highest BCUT2D eigenvalue weighted by Gasteiger charge is 2.17. The lowest BCUT2D eigenvalue weighted by molar-refractivity contribution is -0.118. The van der Waals surface area contributed by atoms with Crippen molar-refractivity contribution < 1.29 is 14.3 Å². The molecule has 1 N–H and O–H groups in total. The van der Waals surface area contributed by atoms with Crippen LogP contribution in [-0.2, 0) is 4.79 Å². The number of hydrogen-bond donors (Lipinski definition) is 1. The second-order valence-corrected chi connectivity index (χ2v) is 9.04. The summed E-state index contributed by atoms with van der Waals surface area (Å²) in [7, 11) is 3.14. The van der Waals surface area contributed by atoms with Crippen molar-refractivity contribution in [3.8, 4) is 28.6 Å². The third-order valence-electron chi connectivity index (χ3n) is 4.89. The summed E-state index contributed by atoms with van der Waals surface area (Å²) in [5.41, 5.74) is 5.13. The number of thioether (sulfide) groups is 1. The van der Waals surface area contributed by atoms with E-state index in [1.54, 1.807) is 32.6 Å². The van der Waals surface area contributed by atoms with Gasteiger partial charge in [0.15, 0.2) is 22.5 Å². The summed E-state index contributed by atoms with van der Waals surface area (Å²) in [6.07, 6.45) is 1.54. The summed E-state index contributed by atoms with van der Waals surface area (Å²) >= 11 is 4.75. The zero-order valence-corrected chi connectivity index (χ0v) is 21.4. The average Bonchev–Trinajstić information content (AvgIpc) is 3.32. The number of aromatic nitrogens is 3. The van der Waals surface area contributed by atoms with Gasteiger partial charge in [0, 0.05) is 15.7 Å². The molecule has 0 unspecified atom stereocenters. The lowest BCUT2D eigenvalue weighted by Crippen LogP contribution is -2.20. The third kappa shape index (κ3) is 6.09. The molecule has 0 atom stereocenters. The largest absolute Gasteiger partial charge is 0.493 e. The molecule has 178 valence electrons. The molecule has 0 radical (unpaired) electrons. The van der Waals surface area contributed by atoms with Crippen LogP contribution in [-0.4, -0.2) is 46.9 Å². The maximum absolute atomic E-state index is 12.4. The Morgan fingerprint density at radius 3 is 2.49 bits per heavy atom. The first-order chi connectivity index (χ1) is 17.1. The SMILES string of the molecule is COc1ccc(/C=N\NC(=O)CSc2nnc(-c3ccccc3)n2-c2ccc(Br)cc2)cc1OC. The van der Waals surface area contributed by atoms with Gasteiger partial charge < -0.3 is 9.47 Å². The van der Waals surface area contributed by atoms with Crippen LogP contribution in [0.3, 0.4) is 0 Å². The van der Waals surface area contributed by atoms with Crippen molar-refractivity contribution in [2.24, 2.45) is 5.10 Å². The van der Waals surface area contributed by atoms with E-state index < -0.39 is 0 Å². The Morgan fingerprint density at radius 2 is 1.77 bits per heavy atom. The highest BCUT2D eigenvalue weighted by atomic mass is 79.9. The van der Waals surface area contributed by atoms with Gasteiger partial charge in [0.05, 0.1) is 26.2 Å². The summed E-state index contributed by atoms with van der Waals surface area (Å²) in [5.74, 6) is 1.75. The number of carbonyl (C=O) groups is 1. The molecule has 35 heavy (non-hydrogen) atoms. The molecule has 1 amide bonds. The van der Waals surface area contributed by atoms with Gasteiger partial charge in [0.2, 0.25) is 0 Å². The maximum Gasteiger partial charge on any atom is 0.250 e. The van der Waals surface area contributed by atoms with E-state index in [-0.39, 0.29) is 11.7 Å². The first-order valence-corrected chi connectivity index (χ1v) is 12.3. The van der Waals surface area contributed by atoms with Crippen molar-refractivity contribution in [2.75, 3.05) is 20.0 Å². The highest BCUT2D eigenvalue weighted by Crippen LogP contribution is 2.29. The average molecular weight is 552 g/mol. The van der Waals surface area contributed by atoms with Crippen molar-refractivity contribution >= 4 is 39.8 Å². The van der Waals surface area contributed by atoms with Crippen molar-refractivity contribution in [3.05, 3.63) is 82.8 Å². The minimum absolute atomic E-state index is 0.118. The third-order valence-corrected chi connectivity index (χ3v) is 6.35. The fraction of sp³-hybridized carbons (Fsp3) is 0.120. The van der Waals surface area contributed by atoms with Crippen LogP contribution in [0.5, 0.6) is 11.5 Å². The van der Waals surface area contributed by atoms with Crippen molar-refractivity contribution in [1.29, 1.82) is 0 Å². The van der Waals surface area contributed by atoms with E-state index in [1.807, 2.05) is 65.2 Å². The van der Waals surface area contributed by atoms with Crippen LogP contribution in [0.15, 0.2) is 87.5 Å². The van der Waals surface area contributed by atoms with Crippen LogP contribution in [0.2, 0.25) is 0 Å². The minimum Gasteiger partial charge on any atom is -0.493 e. The number of amides is 1. The number of nitrogens with one attached hydrogen (secondary N) is 1. The predicted octanol–water partition coefficient (Wildman–Crippen LogP) is 4.96. The summed E-state index contributed by atoms with van der Waals surface area (Å²) in [6.45, 7) is 0. The van der Waals surface area contributed by atoms with Crippen LogP contribution in [0.1, 0.15) is 5.56 Å². The van der Waals surface area contributed by atoms with Crippen LogP contribution >= 0.6 is 27.7 Å². The fourth-order valence-corrected chi connectivity index (χ4v) is 4.24. The molecular weight excluding hydrogens is 530 g/mol. The number of hydrazone groups is 1. The van der Waals surface area contributed by atoms with Gasteiger partial charge >= 0.3 is 0 Å². The number of ether oxygens (including phenoxy) is 2. The Labute approximate surface area is 215 Å². The number of carbonyl (C=O) groups excluding carboxylic acids is 1. The van der Waals surface area contributed by atoms with Gasteiger partial charge in [0.25, 0.3) is 5.91 Å². The summed E-state index contributed by atoms with van der Waals surface area (Å²) < 4.78 is 13.4. The van der Waals surface area contributed by atoms with Gasteiger partial charge in [-0.15, -0.1) is 10.2 Å². The smallest absolute Gasteiger partial charge is 0.250 e. The normalized spacial score (nSPS) is 10.9. The number of nitrogens with zero attached hydrogens (tertiary/aromatic N) is 4. The van der Waals surface area contributed by atoms with Crippen molar-refractivity contribution in [1.82, 2.24) is 20.2 Å². The van der Waals surface area contributed by atoms with Gasteiger partial charge in [-0.25, -0.2) is 5.43 Å². The molecule has 0 aliphatic rings. The molecule has 0 fully saturated rings. The van der Waals surface area contributed by atoms with Crippen molar-refractivity contribution in [2.45, 2.75) is 5.16 Å². The van der Waals surface area contributed by atoms with E-state index in [2.05, 4.69) is 36.7 Å². The zero-order chi connectivity index (χ0) is 24.6. The minimum atomic E-state index is -0.265. The quantitative estimate of drug-likeness (QED) is 0.180. The predicted molar refractivity (Wildman–Crippen MR) is 141 cm³/mol. The Bertz CT molecular complexity index is 1330. The molecule has 0 aliphatic heterocycles. The molecule has 3 aromatic carbocycles. The second kappa shape index (κ2) is 11.7. The van der Waals surface area contributed by atoms with E-state index in [1.165, 1.54) is 11.8 Å². The van der Waals surface area contributed by atoms with Gasteiger partial charge in [-0.2, -0.15) is 5.10 Å². The first-order valence-electron chi connectivity index (χ1n) is 10.5.